The predicted molar refractivity (Wildman–Crippen MR) is 68.8 cm³/mol. The van der Waals surface area contributed by atoms with E-state index in [1.807, 2.05) is 0 Å². The molecule has 0 amide bonds. The van der Waals surface area contributed by atoms with Crippen LogP contribution in [0.5, 0.6) is 5.75 Å². The van der Waals surface area contributed by atoms with Gasteiger partial charge in [0.1, 0.15) is 5.75 Å². The highest BCUT2D eigenvalue weighted by molar-refractivity contribution is 9.10. The van der Waals surface area contributed by atoms with Crippen molar-refractivity contribution in [1.82, 2.24) is 4.90 Å². The Morgan fingerprint density at radius 2 is 1.95 bits per heavy atom. The molecule has 0 aliphatic carbocycles. The van der Waals surface area contributed by atoms with Crippen molar-refractivity contribution < 1.29 is 23.4 Å². The molecular weight excluding hydrogens is 327 g/mol. The number of phenols is 1. The largest absolute Gasteiger partial charge is 0.508 e. The van der Waals surface area contributed by atoms with Gasteiger partial charge in [-0.25, -0.2) is 0 Å². The molecule has 0 spiro atoms. The van der Waals surface area contributed by atoms with E-state index < -0.39 is 12.7 Å². The summed E-state index contributed by atoms with van der Waals surface area (Å²) in [6.07, 6.45) is -4.05. The maximum atomic E-state index is 12.4. The van der Waals surface area contributed by atoms with Crippen molar-refractivity contribution in [2.24, 2.45) is 0 Å². The average molecular weight is 342 g/mol. The van der Waals surface area contributed by atoms with Gasteiger partial charge in [-0.15, -0.1) is 0 Å². The van der Waals surface area contributed by atoms with Crippen molar-refractivity contribution in [2.75, 3.05) is 19.7 Å². The number of rotatable bonds is 6. The minimum Gasteiger partial charge on any atom is -0.508 e. The van der Waals surface area contributed by atoms with Crippen molar-refractivity contribution in [3.8, 4) is 5.75 Å². The molecule has 0 radical (unpaired) electrons. The molecule has 0 saturated heterocycles. The van der Waals surface area contributed by atoms with Crippen LogP contribution < -0.4 is 0 Å². The van der Waals surface area contributed by atoms with Crippen LogP contribution in [0.15, 0.2) is 22.7 Å². The number of benzene rings is 1. The molecule has 1 aromatic rings. The molecule has 0 saturated carbocycles. The third-order valence-corrected chi connectivity index (χ3v) is 2.96. The van der Waals surface area contributed by atoms with Crippen molar-refractivity contribution in [3.05, 3.63) is 28.2 Å². The number of hydrogen-bond acceptors (Lipinski definition) is 3. The lowest BCUT2D eigenvalue weighted by Gasteiger charge is -2.23. The first-order chi connectivity index (χ1) is 8.81. The first-order valence-corrected chi connectivity index (χ1v) is 6.48. The first kappa shape index (κ1) is 16.3. The summed E-state index contributed by atoms with van der Waals surface area (Å²) >= 11 is 3.21. The summed E-state index contributed by atoms with van der Waals surface area (Å²) in [5.74, 6) is -0.0422. The zero-order valence-electron chi connectivity index (χ0n) is 10.1. The van der Waals surface area contributed by atoms with Crippen molar-refractivity contribution in [2.45, 2.75) is 19.1 Å². The highest BCUT2D eigenvalue weighted by Gasteiger charge is 2.30. The summed E-state index contributed by atoms with van der Waals surface area (Å²) in [5.41, 5.74) is 0.413. The molecule has 0 fully saturated rings. The summed E-state index contributed by atoms with van der Waals surface area (Å²) in [6.45, 7) is -1.15. The molecule has 0 aliphatic rings. The Kier molecular flexibility index (Phi) is 6.09. The van der Waals surface area contributed by atoms with E-state index in [0.717, 1.165) is 4.90 Å². The topological polar surface area (TPSA) is 43.7 Å². The minimum absolute atomic E-state index is 0.0230. The zero-order valence-corrected chi connectivity index (χ0v) is 11.7. The summed E-state index contributed by atoms with van der Waals surface area (Å²) in [7, 11) is 0. The first-order valence-electron chi connectivity index (χ1n) is 5.69. The fourth-order valence-corrected chi connectivity index (χ4v) is 2.09. The number of aromatic hydroxyl groups is 1. The van der Waals surface area contributed by atoms with E-state index in [1.165, 1.54) is 6.07 Å². The third kappa shape index (κ3) is 6.26. The predicted octanol–water partition coefficient (Wildman–Crippen LogP) is 2.90. The van der Waals surface area contributed by atoms with E-state index in [9.17, 15) is 18.3 Å². The van der Waals surface area contributed by atoms with Gasteiger partial charge in [-0.1, -0.05) is 15.9 Å². The van der Waals surface area contributed by atoms with Crippen LogP contribution in [-0.2, 0) is 6.54 Å². The molecule has 1 rings (SSSR count). The Morgan fingerprint density at radius 3 is 2.53 bits per heavy atom. The fourth-order valence-electron chi connectivity index (χ4n) is 1.68. The van der Waals surface area contributed by atoms with E-state index in [2.05, 4.69) is 15.9 Å². The smallest absolute Gasteiger partial charge is 0.401 e. The van der Waals surface area contributed by atoms with Crippen LogP contribution in [0.25, 0.3) is 0 Å². The molecule has 3 nitrogen and oxygen atoms in total. The van der Waals surface area contributed by atoms with E-state index >= 15 is 0 Å². The van der Waals surface area contributed by atoms with Gasteiger partial charge in [-0.2, -0.15) is 13.2 Å². The summed E-state index contributed by atoms with van der Waals surface area (Å²) in [4.78, 5) is 1.15. The second-order valence-corrected chi connectivity index (χ2v) is 5.09. The highest BCUT2D eigenvalue weighted by atomic mass is 79.9. The normalized spacial score (nSPS) is 12.1. The SMILES string of the molecule is OCCCN(Cc1cc(Br)ccc1O)CC(F)(F)F. The number of alkyl halides is 3. The molecule has 0 aliphatic heterocycles. The van der Waals surface area contributed by atoms with Gasteiger partial charge in [-0.3, -0.25) is 4.90 Å². The Bertz CT molecular complexity index is 412. The summed E-state index contributed by atoms with van der Waals surface area (Å²) in [6, 6.07) is 4.62. The average Bonchev–Trinajstić information content (AvgIpc) is 2.29. The van der Waals surface area contributed by atoms with Gasteiger partial charge in [0, 0.05) is 29.7 Å². The van der Waals surface area contributed by atoms with E-state index in [-0.39, 0.29) is 31.9 Å². The second-order valence-electron chi connectivity index (χ2n) is 4.18. The van der Waals surface area contributed by atoms with E-state index in [0.29, 0.717) is 10.0 Å². The summed E-state index contributed by atoms with van der Waals surface area (Å²) in [5, 5.41) is 18.3. The number of halogens is 4. The number of phenolic OH excluding ortho intramolecular Hbond substituents is 1. The molecule has 0 atom stereocenters. The minimum atomic E-state index is -4.31. The monoisotopic (exact) mass is 341 g/mol. The third-order valence-electron chi connectivity index (χ3n) is 2.47. The van der Waals surface area contributed by atoms with Gasteiger partial charge in [0.25, 0.3) is 0 Å². The Hall–Kier alpha value is -0.790. The van der Waals surface area contributed by atoms with Gasteiger partial charge >= 0.3 is 6.18 Å². The zero-order chi connectivity index (χ0) is 14.5. The van der Waals surface area contributed by atoms with Crippen LogP contribution >= 0.6 is 15.9 Å². The van der Waals surface area contributed by atoms with Crippen LogP contribution in [0.4, 0.5) is 13.2 Å². The maximum Gasteiger partial charge on any atom is 0.401 e. The molecule has 0 aromatic heterocycles. The van der Waals surface area contributed by atoms with Gasteiger partial charge in [0.05, 0.1) is 6.54 Å². The highest BCUT2D eigenvalue weighted by Crippen LogP contribution is 2.25. The van der Waals surface area contributed by atoms with Crippen molar-refractivity contribution >= 4 is 15.9 Å². The van der Waals surface area contributed by atoms with Gasteiger partial charge < -0.3 is 10.2 Å². The lowest BCUT2D eigenvalue weighted by atomic mass is 10.2. The number of aliphatic hydroxyl groups excluding tert-OH is 1. The lowest BCUT2D eigenvalue weighted by molar-refractivity contribution is -0.147. The van der Waals surface area contributed by atoms with Crippen LogP contribution in [0.2, 0.25) is 0 Å². The second kappa shape index (κ2) is 7.12. The fraction of sp³-hybridized carbons (Fsp3) is 0.500. The molecule has 19 heavy (non-hydrogen) atoms. The quantitative estimate of drug-likeness (QED) is 0.836. The van der Waals surface area contributed by atoms with Crippen LogP contribution in [-0.4, -0.2) is 41.0 Å². The number of aliphatic hydroxyl groups is 1. The Morgan fingerprint density at radius 1 is 1.26 bits per heavy atom. The molecule has 1 aromatic carbocycles. The van der Waals surface area contributed by atoms with Crippen LogP contribution in [0.1, 0.15) is 12.0 Å². The van der Waals surface area contributed by atoms with Crippen molar-refractivity contribution in [3.63, 3.8) is 0 Å². The van der Waals surface area contributed by atoms with Crippen LogP contribution in [0, 0.1) is 0 Å². The summed E-state index contributed by atoms with van der Waals surface area (Å²) < 4.78 is 38.0. The molecule has 0 heterocycles. The Balaban J connectivity index is 2.78. The molecule has 2 N–H and O–H groups in total. The number of nitrogens with zero attached hydrogens (tertiary/aromatic N) is 1. The Labute approximate surface area is 117 Å². The van der Waals surface area contributed by atoms with Crippen molar-refractivity contribution in [1.29, 1.82) is 0 Å². The standard InChI is InChI=1S/C12H15BrF3NO2/c13-10-2-3-11(19)9(6-10)7-17(4-1-5-18)8-12(14,15)16/h2-3,6,18-19H,1,4-5,7-8H2. The van der Waals surface area contributed by atoms with Gasteiger partial charge in [-0.05, 0) is 24.6 Å². The van der Waals surface area contributed by atoms with Crippen LogP contribution in [0.3, 0.4) is 0 Å². The molecule has 108 valence electrons. The number of hydrogen-bond donors (Lipinski definition) is 2. The van der Waals surface area contributed by atoms with E-state index in [1.54, 1.807) is 12.1 Å². The lowest BCUT2D eigenvalue weighted by Crippen LogP contribution is -2.34. The molecule has 0 unspecified atom stereocenters. The maximum absolute atomic E-state index is 12.4. The van der Waals surface area contributed by atoms with Gasteiger partial charge in [0.15, 0.2) is 0 Å². The molecular formula is C12H15BrF3NO2. The molecule has 7 heteroatoms. The van der Waals surface area contributed by atoms with E-state index in [4.69, 9.17) is 5.11 Å². The molecule has 0 bridgehead atoms. The van der Waals surface area contributed by atoms with Gasteiger partial charge in [0.2, 0.25) is 0 Å².